The molecule has 4 bridgehead atoms. The van der Waals surface area contributed by atoms with E-state index in [1.807, 2.05) is 30.0 Å². The molecular weight excluding hydrogens is 635 g/mol. The van der Waals surface area contributed by atoms with Gasteiger partial charge in [-0.3, -0.25) is 9.52 Å². The second kappa shape index (κ2) is 12.3. The molecule has 1 aliphatic heterocycles. The molecule has 1 aromatic carbocycles. The first-order valence-corrected chi connectivity index (χ1v) is 16.2. The number of sulfonamides is 1. The summed E-state index contributed by atoms with van der Waals surface area (Å²) in [6.07, 6.45) is 6.05. The number of anilines is 2. The summed E-state index contributed by atoms with van der Waals surface area (Å²) in [4.78, 5) is 23.3. The summed E-state index contributed by atoms with van der Waals surface area (Å²) in [6, 6.07) is 13.0. The Balaban J connectivity index is 1.73. The van der Waals surface area contributed by atoms with Gasteiger partial charge in [0.15, 0.2) is 10.2 Å². The number of rotatable bonds is 5. The van der Waals surface area contributed by atoms with Crippen LogP contribution in [0.5, 0.6) is 0 Å². The quantitative estimate of drug-likeness (QED) is 0.302. The van der Waals surface area contributed by atoms with Gasteiger partial charge in [-0.15, -0.1) is 0 Å². The topological polar surface area (TPSA) is 112 Å². The lowest BCUT2D eigenvalue weighted by Crippen LogP contribution is -2.42. The number of aryl methyl sites for hydroxylation is 1. The Labute approximate surface area is 242 Å². The van der Waals surface area contributed by atoms with Crippen molar-refractivity contribution < 1.29 is 18.3 Å². The normalized spacial score (nSPS) is 17.5. The van der Waals surface area contributed by atoms with Crippen LogP contribution in [-0.4, -0.2) is 42.6 Å². The average molecular weight is 669 g/mol. The third-order valence-electron chi connectivity index (χ3n) is 6.87. The van der Waals surface area contributed by atoms with Crippen LogP contribution >= 0.6 is 33.9 Å². The number of aromatic nitrogens is 2. The number of nitrogens with zero attached hydrogens (tertiary/aromatic N) is 3. The van der Waals surface area contributed by atoms with E-state index < -0.39 is 21.4 Å². The first-order chi connectivity index (χ1) is 18.1. The number of thiazole rings is 1. The zero-order chi connectivity index (χ0) is 27.3. The van der Waals surface area contributed by atoms with Crippen LogP contribution in [0.15, 0.2) is 47.5 Å². The lowest BCUT2D eigenvalue weighted by Gasteiger charge is -2.33. The van der Waals surface area contributed by atoms with Gasteiger partial charge in [0.05, 0.1) is 14.0 Å². The van der Waals surface area contributed by atoms with Crippen LogP contribution in [0.25, 0.3) is 11.3 Å². The third kappa shape index (κ3) is 6.66. The van der Waals surface area contributed by atoms with Gasteiger partial charge in [0.25, 0.3) is 10.0 Å². The fourth-order valence-corrected chi connectivity index (χ4v) is 7.79. The van der Waals surface area contributed by atoms with Gasteiger partial charge in [-0.2, -0.15) is 8.42 Å². The largest absolute Gasteiger partial charge is 0.481 e. The summed E-state index contributed by atoms with van der Waals surface area (Å²) < 4.78 is 30.2. The third-order valence-corrected chi connectivity index (χ3v) is 10.2. The number of hydrogen-bond acceptors (Lipinski definition) is 7. The Morgan fingerprint density at radius 1 is 1.13 bits per heavy atom. The van der Waals surface area contributed by atoms with Gasteiger partial charge < -0.3 is 10.0 Å². The van der Waals surface area contributed by atoms with Crippen LogP contribution in [0, 0.1) is 8.30 Å². The number of fused-ring (bicyclic) bond motifs is 6. The number of carboxylic acids is 1. The number of benzene rings is 1. The van der Waals surface area contributed by atoms with Crippen LogP contribution in [-0.2, 0) is 21.2 Å². The predicted molar refractivity (Wildman–Crippen MR) is 160 cm³/mol. The highest BCUT2D eigenvalue weighted by Gasteiger charge is 2.35. The lowest BCUT2D eigenvalue weighted by atomic mass is 9.85. The number of carbonyl (C=O) groups is 1. The molecule has 1 atom stereocenters. The van der Waals surface area contributed by atoms with Gasteiger partial charge in [-0.1, -0.05) is 67.9 Å². The van der Waals surface area contributed by atoms with E-state index in [4.69, 9.17) is 0 Å². The van der Waals surface area contributed by atoms with Gasteiger partial charge in [0, 0.05) is 18.7 Å². The van der Waals surface area contributed by atoms with Gasteiger partial charge in [-0.25, -0.2) is 9.97 Å². The molecule has 0 saturated heterocycles. The molecular formula is C27H33IN4O4S2. The molecule has 2 N–H and O–H groups in total. The molecule has 38 heavy (non-hydrogen) atoms. The summed E-state index contributed by atoms with van der Waals surface area (Å²) >= 11 is 3.50. The van der Waals surface area contributed by atoms with Gasteiger partial charge in [0.1, 0.15) is 5.82 Å². The minimum Gasteiger partial charge on any atom is -0.481 e. The molecule has 0 amide bonds. The van der Waals surface area contributed by atoms with Crippen molar-refractivity contribution in [3.63, 3.8) is 0 Å². The molecule has 0 spiro atoms. The van der Waals surface area contributed by atoms with E-state index in [2.05, 4.69) is 43.3 Å². The van der Waals surface area contributed by atoms with Crippen molar-refractivity contribution in [3.8, 4) is 11.3 Å². The van der Waals surface area contributed by atoms with Crippen LogP contribution < -0.4 is 9.62 Å². The average Bonchev–Trinajstić information content (AvgIpc) is 3.24. The first-order valence-electron chi connectivity index (χ1n) is 12.9. The zero-order valence-corrected chi connectivity index (χ0v) is 25.4. The van der Waals surface area contributed by atoms with E-state index in [9.17, 15) is 18.3 Å². The molecule has 4 rings (SSSR count). The van der Waals surface area contributed by atoms with E-state index in [1.165, 1.54) is 23.0 Å². The van der Waals surface area contributed by atoms with Crippen molar-refractivity contribution in [2.75, 3.05) is 22.7 Å². The number of hydrogen-bond donors (Lipinski definition) is 2. The number of pyridine rings is 1. The molecule has 204 valence electrons. The highest BCUT2D eigenvalue weighted by Crippen LogP contribution is 2.36. The molecule has 0 radical (unpaired) electrons. The fraction of sp³-hybridized carbons (Fsp3) is 0.444. The maximum absolute atomic E-state index is 13.4. The van der Waals surface area contributed by atoms with Crippen LogP contribution in [0.3, 0.4) is 0 Å². The van der Waals surface area contributed by atoms with Crippen molar-refractivity contribution in [2.24, 2.45) is 5.41 Å². The SMILES string of the molecule is CCC[C@@](C)(CN1CCCCCCc2ccccc2-c2nc(sc2I)NS(=O)(=O)c2cccc1n2)C(=O)O. The highest BCUT2D eigenvalue weighted by molar-refractivity contribution is 14.1. The van der Waals surface area contributed by atoms with E-state index in [0.29, 0.717) is 18.8 Å². The van der Waals surface area contributed by atoms with Crippen molar-refractivity contribution in [1.82, 2.24) is 9.97 Å². The van der Waals surface area contributed by atoms with E-state index in [0.717, 1.165) is 52.7 Å². The molecule has 0 unspecified atom stereocenters. The Morgan fingerprint density at radius 2 is 1.89 bits per heavy atom. The Bertz CT molecular complexity index is 1400. The smallest absolute Gasteiger partial charge is 0.311 e. The minimum absolute atomic E-state index is 0.121. The highest BCUT2D eigenvalue weighted by atomic mass is 127. The lowest BCUT2D eigenvalue weighted by molar-refractivity contribution is -0.147. The van der Waals surface area contributed by atoms with Crippen LogP contribution in [0.2, 0.25) is 0 Å². The van der Waals surface area contributed by atoms with Gasteiger partial charge in [0.2, 0.25) is 0 Å². The first kappa shape index (κ1) is 28.8. The second-order valence-electron chi connectivity index (χ2n) is 9.94. The van der Waals surface area contributed by atoms with Crippen LogP contribution in [0.4, 0.5) is 10.9 Å². The summed E-state index contributed by atoms with van der Waals surface area (Å²) in [6.45, 7) is 4.57. The predicted octanol–water partition coefficient (Wildman–Crippen LogP) is 6.42. The molecule has 11 heteroatoms. The summed E-state index contributed by atoms with van der Waals surface area (Å²) in [7, 11) is -4.01. The number of aliphatic carboxylic acids is 1. The number of nitrogens with one attached hydrogen (secondary N) is 1. The second-order valence-corrected chi connectivity index (χ2v) is 14.4. The molecule has 0 saturated carbocycles. The molecule has 2 aromatic heterocycles. The molecule has 0 aliphatic carbocycles. The van der Waals surface area contributed by atoms with E-state index in [-0.39, 0.29) is 16.7 Å². The molecule has 1 aliphatic rings. The molecule has 3 aromatic rings. The Morgan fingerprint density at radius 3 is 2.66 bits per heavy atom. The van der Waals surface area contributed by atoms with Gasteiger partial charge in [-0.05, 0) is 72.9 Å². The van der Waals surface area contributed by atoms with Crippen molar-refractivity contribution in [2.45, 2.75) is 63.8 Å². The number of halogens is 1. The summed E-state index contributed by atoms with van der Waals surface area (Å²) in [5.74, 6) is -0.399. The van der Waals surface area contributed by atoms with Crippen molar-refractivity contribution in [3.05, 3.63) is 50.9 Å². The fourth-order valence-electron chi connectivity index (χ4n) is 4.85. The van der Waals surface area contributed by atoms with Crippen molar-refractivity contribution >= 4 is 60.9 Å². The van der Waals surface area contributed by atoms with Crippen LogP contribution in [0.1, 0.15) is 57.9 Å². The number of carboxylic acid groups (broad SMARTS) is 1. The molecule has 0 fully saturated rings. The maximum atomic E-state index is 13.4. The Kier molecular flexibility index (Phi) is 9.30. The molecule has 8 nitrogen and oxygen atoms in total. The van der Waals surface area contributed by atoms with Gasteiger partial charge >= 0.3 is 5.97 Å². The maximum Gasteiger partial charge on any atom is 0.311 e. The van der Waals surface area contributed by atoms with Crippen molar-refractivity contribution in [1.29, 1.82) is 0 Å². The minimum atomic E-state index is -4.01. The zero-order valence-electron chi connectivity index (χ0n) is 21.6. The standard InChI is InChI=1S/C27H33IN4O4S2/c1-3-16-27(2,25(33)34)18-32-17-9-5-4-6-11-19-12-7-8-13-20(19)23-24(28)37-26(30-23)31-38(35,36)22-15-10-14-21(32)29-22/h7-8,10,12-15H,3-6,9,11,16-18H2,1-2H3,(H,30,31)(H,33,34)/t27-/m0/s1. The van der Waals surface area contributed by atoms with E-state index >= 15 is 0 Å². The summed E-state index contributed by atoms with van der Waals surface area (Å²) in [5.41, 5.74) is 2.03. The monoisotopic (exact) mass is 668 g/mol. The Hall–Kier alpha value is -2.25. The van der Waals surface area contributed by atoms with E-state index in [1.54, 1.807) is 19.1 Å². The summed E-state index contributed by atoms with van der Waals surface area (Å²) in [5, 5.41) is 10.2. The molecule has 3 heterocycles.